The van der Waals surface area contributed by atoms with Gasteiger partial charge in [-0.25, -0.2) is 0 Å². The monoisotopic (exact) mass is 338 g/mol. The quantitative estimate of drug-likeness (QED) is 0.694. The first-order valence-electron chi connectivity index (χ1n) is 7.80. The number of rotatable bonds is 6. The molecule has 1 unspecified atom stereocenters. The van der Waals surface area contributed by atoms with Crippen molar-refractivity contribution in [1.29, 1.82) is 0 Å². The highest BCUT2D eigenvalue weighted by Crippen LogP contribution is 2.39. The summed E-state index contributed by atoms with van der Waals surface area (Å²) in [5, 5.41) is 14.8. The Morgan fingerprint density at radius 1 is 1.35 bits per heavy atom. The Balaban J connectivity index is 2.16. The predicted molar refractivity (Wildman–Crippen MR) is 89.0 cm³/mol. The zero-order valence-electron chi connectivity index (χ0n) is 13.4. The number of fused-ring (bicyclic) bond motifs is 1. The number of thiophene rings is 1. The Kier molecular flexibility index (Phi) is 5.76. The highest BCUT2D eigenvalue weighted by Gasteiger charge is 2.27. The molecule has 6 nitrogen and oxygen atoms in total. The summed E-state index contributed by atoms with van der Waals surface area (Å²) in [5.41, 5.74) is 1.59. The minimum atomic E-state index is -0.875. The van der Waals surface area contributed by atoms with Gasteiger partial charge >= 0.3 is 5.97 Å². The van der Waals surface area contributed by atoms with Gasteiger partial charge in [0.15, 0.2) is 0 Å². The standard InChI is InChI=1S/C16H22N2O4S/c1-9-5-6-11-12(8-9)23-16(18-10(2)19)14(11)15(22)17-7-3-4-13(20)21/h9H,3-8H2,1-2H3,(H,17,22)(H,18,19)(H,20,21). The van der Waals surface area contributed by atoms with Gasteiger partial charge in [-0.05, 0) is 37.2 Å². The molecule has 0 fully saturated rings. The van der Waals surface area contributed by atoms with E-state index in [1.807, 2.05) is 0 Å². The zero-order valence-corrected chi connectivity index (χ0v) is 14.2. The molecule has 1 aromatic rings. The fourth-order valence-corrected chi connectivity index (χ4v) is 4.22. The first-order chi connectivity index (χ1) is 10.9. The van der Waals surface area contributed by atoms with Gasteiger partial charge in [0.1, 0.15) is 5.00 Å². The van der Waals surface area contributed by atoms with Crippen molar-refractivity contribution >= 4 is 34.1 Å². The minimum absolute atomic E-state index is 0.0259. The fraction of sp³-hybridized carbons (Fsp3) is 0.562. The summed E-state index contributed by atoms with van der Waals surface area (Å²) in [6, 6.07) is 0. The first kappa shape index (κ1) is 17.5. The number of carbonyl (C=O) groups is 3. The Labute approximate surface area is 139 Å². The van der Waals surface area contributed by atoms with E-state index < -0.39 is 5.97 Å². The summed E-state index contributed by atoms with van der Waals surface area (Å²) in [6.07, 6.45) is 3.21. The van der Waals surface area contributed by atoms with Crippen molar-refractivity contribution in [2.45, 2.75) is 46.0 Å². The number of carbonyl (C=O) groups excluding carboxylic acids is 2. The second-order valence-electron chi connectivity index (χ2n) is 5.99. The molecule has 0 aliphatic heterocycles. The van der Waals surface area contributed by atoms with E-state index in [0.29, 0.717) is 29.4 Å². The number of carboxylic acid groups (broad SMARTS) is 1. The molecule has 0 bridgehead atoms. The van der Waals surface area contributed by atoms with Gasteiger partial charge in [-0.15, -0.1) is 11.3 Å². The maximum absolute atomic E-state index is 12.5. The molecular weight excluding hydrogens is 316 g/mol. The molecule has 2 rings (SSSR count). The number of carboxylic acids is 1. The average Bonchev–Trinajstić information content (AvgIpc) is 2.79. The van der Waals surface area contributed by atoms with Crippen LogP contribution < -0.4 is 10.6 Å². The number of anilines is 1. The molecule has 0 aromatic carbocycles. The van der Waals surface area contributed by atoms with Crippen LogP contribution in [0.25, 0.3) is 0 Å². The molecule has 7 heteroatoms. The molecule has 126 valence electrons. The molecule has 3 N–H and O–H groups in total. The van der Waals surface area contributed by atoms with Gasteiger partial charge in [-0.2, -0.15) is 0 Å². The molecule has 1 aliphatic carbocycles. The summed E-state index contributed by atoms with van der Waals surface area (Å²) >= 11 is 1.48. The summed E-state index contributed by atoms with van der Waals surface area (Å²) in [5.74, 6) is -0.722. The van der Waals surface area contributed by atoms with E-state index in [9.17, 15) is 14.4 Å². The molecular formula is C16H22N2O4S. The summed E-state index contributed by atoms with van der Waals surface area (Å²) < 4.78 is 0. The van der Waals surface area contributed by atoms with E-state index in [0.717, 1.165) is 24.8 Å². The van der Waals surface area contributed by atoms with E-state index in [2.05, 4.69) is 17.6 Å². The predicted octanol–water partition coefficient (Wildman–Crippen LogP) is 2.43. The Bertz CT molecular complexity index is 624. The summed E-state index contributed by atoms with van der Waals surface area (Å²) in [4.78, 5) is 35.6. The van der Waals surface area contributed by atoms with E-state index >= 15 is 0 Å². The molecule has 0 radical (unpaired) electrons. The topological polar surface area (TPSA) is 95.5 Å². The van der Waals surface area contributed by atoms with E-state index in [1.54, 1.807) is 0 Å². The minimum Gasteiger partial charge on any atom is -0.481 e. The smallest absolute Gasteiger partial charge is 0.303 e. The maximum atomic E-state index is 12.5. The average molecular weight is 338 g/mol. The lowest BCUT2D eigenvalue weighted by atomic mass is 9.88. The van der Waals surface area contributed by atoms with Crippen molar-refractivity contribution in [3.8, 4) is 0 Å². The Morgan fingerprint density at radius 3 is 2.74 bits per heavy atom. The van der Waals surface area contributed by atoms with Crippen molar-refractivity contribution in [1.82, 2.24) is 5.32 Å². The van der Waals surface area contributed by atoms with Crippen LogP contribution in [0.1, 0.15) is 53.9 Å². The lowest BCUT2D eigenvalue weighted by molar-refractivity contribution is -0.137. The lowest BCUT2D eigenvalue weighted by Crippen LogP contribution is -2.27. The van der Waals surface area contributed by atoms with Crippen molar-refractivity contribution in [3.05, 3.63) is 16.0 Å². The third-order valence-corrected chi connectivity index (χ3v) is 5.05. The Morgan fingerprint density at radius 2 is 2.09 bits per heavy atom. The van der Waals surface area contributed by atoms with Gasteiger partial charge in [0.05, 0.1) is 5.56 Å². The van der Waals surface area contributed by atoms with Gasteiger partial charge in [0.2, 0.25) is 5.91 Å². The Hall–Kier alpha value is -1.89. The normalized spacial score (nSPS) is 16.5. The van der Waals surface area contributed by atoms with Crippen molar-refractivity contribution < 1.29 is 19.5 Å². The first-order valence-corrected chi connectivity index (χ1v) is 8.62. The molecule has 23 heavy (non-hydrogen) atoms. The van der Waals surface area contributed by atoms with E-state index in [4.69, 9.17) is 5.11 Å². The van der Waals surface area contributed by atoms with Gasteiger partial charge in [-0.3, -0.25) is 14.4 Å². The van der Waals surface area contributed by atoms with Crippen molar-refractivity contribution in [2.24, 2.45) is 5.92 Å². The van der Waals surface area contributed by atoms with Crippen LogP contribution in [0.15, 0.2) is 0 Å². The van der Waals surface area contributed by atoms with E-state index in [1.165, 1.54) is 23.1 Å². The van der Waals surface area contributed by atoms with Crippen molar-refractivity contribution in [2.75, 3.05) is 11.9 Å². The number of hydrogen-bond acceptors (Lipinski definition) is 4. The van der Waals surface area contributed by atoms with Crippen LogP contribution >= 0.6 is 11.3 Å². The van der Waals surface area contributed by atoms with Gasteiger partial charge in [0, 0.05) is 24.8 Å². The second kappa shape index (κ2) is 7.59. The molecule has 1 heterocycles. The highest BCUT2D eigenvalue weighted by molar-refractivity contribution is 7.17. The van der Waals surface area contributed by atoms with Gasteiger partial charge in [-0.1, -0.05) is 6.92 Å². The molecule has 0 spiro atoms. The summed E-state index contributed by atoms with van der Waals surface area (Å²) in [6.45, 7) is 3.92. The number of aliphatic carboxylic acids is 1. The number of nitrogens with one attached hydrogen (secondary N) is 2. The molecule has 2 amide bonds. The fourth-order valence-electron chi connectivity index (χ4n) is 2.77. The van der Waals surface area contributed by atoms with Crippen LogP contribution in [0.2, 0.25) is 0 Å². The third-order valence-electron chi connectivity index (χ3n) is 3.88. The van der Waals surface area contributed by atoms with Crippen LogP contribution in [0.3, 0.4) is 0 Å². The maximum Gasteiger partial charge on any atom is 0.303 e. The van der Waals surface area contributed by atoms with Gasteiger partial charge < -0.3 is 15.7 Å². The molecule has 1 atom stereocenters. The highest BCUT2D eigenvalue weighted by atomic mass is 32.1. The molecule has 0 saturated heterocycles. The van der Waals surface area contributed by atoms with Crippen LogP contribution in [0.5, 0.6) is 0 Å². The molecule has 1 aliphatic rings. The second-order valence-corrected chi connectivity index (χ2v) is 7.10. The largest absolute Gasteiger partial charge is 0.481 e. The third kappa shape index (κ3) is 4.54. The van der Waals surface area contributed by atoms with Gasteiger partial charge in [0.25, 0.3) is 5.91 Å². The van der Waals surface area contributed by atoms with Crippen LogP contribution in [-0.2, 0) is 22.4 Å². The van der Waals surface area contributed by atoms with Crippen LogP contribution in [0.4, 0.5) is 5.00 Å². The number of hydrogen-bond donors (Lipinski definition) is 3. The summed E-state index contributed by atoms with van der Waals surface area (Å²) in [7, 11) is 0. The molecule has 1 aromatic heterocycles. The van der Waals surface area contributed by atoms with Crippen molar-refractivity contribution in [3.63, 3.8) is 0 Å². The van der Waals surface area contributed by atoms with E-state index in [-0.39, 0.29) is 18.2 Å². The molecule has 0 saturated carbocycles. The van der Waals surface area contributed by atoms with Crippen LogP contribution in [-0.4, -0.2) is 29.4 Å². The lowest BCUT2D eigenvalue weighted by Gasteiger charge is -2.18. The van der Waals surface area contributed by atoms with Crippen LogP contribution in [0, 0.1) is 5.92 Å². The SMILES string of the molecule is CC(=O)Nc1sc2c(c1C(=O)NCCCC(=O)O)CCC(C)C2. The zero-order chi connectivity index (χ0) is 17.0. The number of amides is 2.